The second kappa shape index (κ2) is 6.75. The third-order valence-electron chi connectivity index (χ3n) is 5.10. The third kappa shape index (κ3) is 3.13. The lowest BCUT2D eigenvalue weighted by Crippen LogP contribution is -2.39. The minimum Gasteiger partial charge on any atom is -0.497 e. The van der Waals surface area contributed by atoms with Crippen LogP contribution in [0, 0.1) is 6.92 Å². The first-order chi connectivity index (χ1) is 11.1. The van der Waals surface area contributed by atoms with Crippen LogP contribution < -0.4 is 10.2 Å². The van der Waals surface area contributed by atoms with Crippen LogP contribution in [0.1, 0.15) is 43.9 Å². The maximum atomic E-state index is 13.0. The van der Waals surface area contributed by atoms with Gasteiger partial charge in [0.15, 0.2) is 5.43 Å². The molecule has 0 amide bonds. The Hall–Kier alpha value is -1.81. The van der Waals surface area contributed by atoms with E-state index in [2.05, 4.69) is 16.8 Å². The Morgan fingerprint density at radius 1 is 1.35 bits per heavy atom. The number of nitrogens with one attached hydrogen (secondary N) is 1. The normalized spacial score (nSPS) is 19.2. The average Bonchev–Trinajstić information content (AvgIpc) is 2.58. The van der Waals surface area contributed by atoms with E-state index in [0.29, 0.717) is 6.04 Å². The molecule has 1 N–H and O–H groups in total. The van der Waals surface area contributed by atoms with Crippen molar-refractivity contribution in [3.8, 4) is 5.75 Å². The summed E-state index contributed by atoms with van der Waals surface area (Å²) >= 11 is 0. The first-order valence-electron chi connectivity index (χ1n) is 8.57. The molecule has 4 heteroatoms. The molecule has 1 aromatic heterocycles. The van der Waals surface area contributed by atoms with Crippen LogP contribution in [-0.4, -0.2) is 29.6 Å². The van der Waals surface area contributed by atoms with Gasteiger partial charge in [0.2, 0.25) is 0 Å². The molecule has 2 heterocycles. The smallest absolute Gasteiger partial charge is 0.194 e. The van der Waals surface area contributed by atoms with Crippen LogP contribution in [0.2, 0.25) is 0 Å². The lowest BCUT2D eigenvalue weighted by atomic mass is 9.98. The van der Waals surface area contributed by atoms with Gasteiger partial charge in [0.25, 0.3) is 0 Å². The van der Waals surface area contributed by atoms with Crippen molar-refractivity contribution in [3.63, 3.8) is 0 Å². The average molecular weight is 314 g/mol. The number of H-pyrrole nitrogens is 1. The fourth-order valence-corrected chi connectivity index (χ4v) is 3.68. The van der Waals surface area contributed by atoms with Crippen molar-refractivity contribution < 1.29 is 4.74 Å². The predicted molar refractivity (Wildman–Crippen MR) is 94.2 cm³/mol. The summed E-state index contributed by atoms with van der Waals surface area (Å²) in [6.45, 7) is 6.08. The number of ether oxygens (including phenoxy) is 1. The second-order valence-corrected chi connectivity index (χ2v) is 6.50. The number of hydrogen-bond acceptors (Lipinski definition) is 3. The number of aryl methyl sites for hydroxylation is 1. The molecule has 2 aromatic rings. The van der Waals surface area contributed by atoms with Gasteiger partial charge in [-0.1, -0.05) is 13.3 Å². The third-order valence-corrected chi connectivity index (χ3v) is 5.10. The Labute approximate surface area is 137 Å². The van der Waals surface area contributed by atoms with Gasteiger partial charge in [0.1, 0.15) is 5.75 Å². The highest BCUT2D eigenvalue weighted by atomic mass is 16.5. The number of nitrogens with zero attached hydrogens (tertiary/aromatic N) is 1. The fraction of sp³-hybridized carbons (Fsp3) is 0.526. The molecule has 1 atom stereocenters. The fourth-order valence-electron chi connectivity index (χ4n) is 3.68. The monoisotopic (exact) mass is 314 g/mol. The van der Waals surface area contributed by atoms with Crippen molar-refractivity contribution in [1.82, 2.24) is 9.88 Å². The predicted octanol–water partition coefficient (Wildman–Crippen LogP) is 3.61. The molecule has 23 heavy (non-hydrogen) atoms. The van der Waals surface area contributed by atoms with Crippen molar-refractivity contribution in [2.45, 2.75) is 52.1 Å². The number of hydrogen-bond donors (Lipinski definition) is 1. The molecule has 0 spiro atoms. The molecule has 1 fully saturated rings. The zero-order valence-corrected chi connectivity index (χ0v) is 14.3. The number of fused-ring (bicyclic) bond motifs is 1. The van der Waals surface area contributed by atoms with Crippen LogP contribution in [0.15, 0.2) is 23.0 Å². The van der Waals surface area contributed by atoms with Gasteiger partial charge < -0.3 is 9.72 Å². The van der Waals surface area contributed by atoms with E-state index in [1.54, 1.807) is 7.11 Å². The molecule has 124 valence electrons. The van der Waals surface area contributed by atoms with Gasteiger partial charge >= 0.3 is 0 Å². The Morgan fingerprint density at radius 2 is 2.17 bits per heavy atom. The van der Waals surface area contributed by atoms with Crippen molar-refractivity contribution in [3.05, 3.63) is 39.7 Å². The van der Waals surface area contributed by atoms with Gasteiger partial charge in [0.05, 0.1) is 7.11 Å². The molecular formula is C19H26N2O2. The Balaban J connectivity index is 2.01. The second-order valence-electron chi connectivity index (χ2n) is 6.50. The van der Waals surface area contributed by atoms with Gasteiger partial charge in [-0.25, -0.2) is 0 Å². The van der Waals surface area contributed by atoms with Crippen LogP contribution in [0.4, 0.5) is 0 Å². The standard InChI is InChI=1S/C19H26N2O2/c1-4-14-7-5-6-10-21(14)12-17-13(2)20-18-9-8-15(23-3)11-16(18)19(17)22/h8-9,11,14H,4-7,10,12H2,1-3H3,(H,20,22)/t14-/m0/s1. The minimum absolute atomic E-state index is 0.135. The van der Waals surface area contributed by atoms with Gasteiger partial charge in [0, 0.05) is 34.7 Å². The van der Waals surface area contributed by atoms with Gasteiger partial charge in [-0.2, -0.15) is 0 Å². The lowest BCUT2D eigenvalue weighted by Gasteiger charge is -2.35. The molecule has 0 saturated carbocycles. The Kier molecular flexibility index (Phi) is 4.71. The van der Waals surface area contributed by atoms with E-state index in [-0.39, 0.29) is 5.43 Å². The maximum Gasteiger partial charge on any atom is 0.194 e. The minimum atomic E-state index is 0.135. The van der Waals surface area contributed by atoms with E-state index in [1.807, 2.05) is 25.1 Å². The summed E-state index contributed by atoms with van der Waals surface area (Å²) < 4.78 is 5.27. The summed E-state index contributed by atoms with van der Waals surface area (Å²) in [5, 5.41) is 0.718. The number of methoxy groups -OCH3 is 1. The molecular weight excluding hydrogens is 288 g/mol. The highest BCUT2D eigenvalue weighted by Gasteiger charge is 2.23. The first kappa shape index (κ1) is 16.1. The molecule has 1 aromatic carbocycles. The number of benzene rings is 1. The van der Waals surface area contributed by atoms with Crippen LogP contribution in [0.5, 0.6) is 5.75 Å². The highest BCUT2D eigenvalue weighted by Crippen LogP contribution is 2.23. The van der Waals surface area contributed by atoms with Crippen LogP contribution in [0.3, 0.4) is 0 Å². The zero-order chi connectivity index (χ0) is 16.4. The van der Waals surface area contributed by atoms with E-state index < -0.39 is 0 Å². The molecule has 0 bridgehead atoms. The van der Waals surface area contributed by atoms with Crippen molar-refractivity contribution >= 4 is 10.9 Å². The van der Waals surface area contributed by atoms with Crippen LogP contribution in [-0.2, 0) is 6.54 Å². The summed E-state index contributed by atoms with van der Waals surface area (Å²) in [4.78, 5) is 18.9. The molecule has 4 nitrogen and oxygen atoms in total. The van der Waals surface area contributed by atoms with Crippen LogP contribution in [0.25, 0.3) is 10.9 Å². The summed E-state index contributed by atoms with van der Waals surface area (Å²) in [5.74, 6) is 0.724. The summed E-state index contributed by atoms with van der Waals surface area (Å²) in [7, 11) is 1.63. The number of aromatic nitrogens is 1. The van der Waals surface area contributed by atoms with Crippen LogP contribution >= 0.6 is 0 Å². The summed E-state index contributed by atoms with van der Waals surface area (Å²) in [5.41, 5.74) is 2.89. The molecule has 3 rings (SSSR count). The summed E-state index contributed by atoms with van der Waals surface area (Å²) in [6, 6.07) is 6.24. The number of aromatic amines is 1. The number of pyridine rings is 1. The van der Waals surface area contributed by atoms with E-state index in [0.717, 1.165) is 47.4 Å². The number of piperidine rings is 1. The Bertz CT molecular complexity index is 751. The molecule has 1 aliphatic rings. The van der Waals surface area contributed by atoms with Gasteiger partial charge in [-0.05, 0) is 50.9 Å². The molecule has 0 radical (unpaired) electrons. The quantitative estimate of drug-likeness (QED) is 0.937. The molecule has 1 aliphatic heterocycles. The number of likely N-dealkylation sites (tertiary alicyclic amines) is 1. The highest BCUT2D eigenvalue weighted by molar-refractivity contribution is 5.81. The van der Waals surface area contributed by atoms with Crippen molar-refractivity contribution in [1.29, 1.82) is 0 Å². The van der Waals surface area contributed by atoms with Crippen molar-refractivity contribution in [2.75, 3.05) is 13.7 Å². The zero-order valence-electron chi connectivity index (χ0n) is 14.3. The largest absolute Gasteiger partial charge is 0.497 e. The van der Waals surface area contributed by atoms with Crippen molar-refractivity contribution in [2.24, 2.45) is 0 Å². The SMILES string of the molecule is CC[C@H]1CCCCN1Cc1c(C)[nH]c2ccc(OC)cc2c1=O. The lowest BCUT2D eigenvalue weighted by molar-refractivity contribution is 0.135. The summed E-state index contributed by atoms with van der Waals surface area (Å²) in [6.07, 6.45) is 4.93. The first-order valence-corrected chi connectivity index (χ1v) is 8.57. The molecule has 0 aliphatic carbocycles. The number of rotatable bonds is 4. The van der Waals surface area contributed by atoms with E-state index in [1.165, 1.54) is 19.3 Å². The van der Waals surface area contributed by atoms with Gasteiger partial charge in [-0.3, -0.25) is 9.69 Å². The maximum absolute atomic E-state index is 13.0. The topological polar surface area (TPSA) is 45.3 Å². The molecule has 1 saturated heterocycles. The van der Waals surface area contributed by atoms with E-state index in [9.17, 15) is 4.79 Å². The van der Waals surface area contributed by atoms with Gasteiger partial charge in [-0.15, -0.1) is 0 Å². The van der Waals surface area contributed by atoms with E-state index >= 15 is 0 Å². The Morgan fingerprint density at radius 3 is 2.91 bits per heavy atom. The molecule has 0 unspecified atom stereocenters. The van der Waals surface area contributed by atoms with E-state index in [4.69, 9.17) is 4.74 Å².